The van der Waals surface area contributed by atoms with E-state index in [0.717, 1.165) is 22.7 Å². The maximum Gasteiger partial charge on any atom is 0.0782 e. The maximum absolute atomic E-state index is 2.49. The molecule has 1 aliphatic rings. The van der Waals surface area contributed by atoms with Gasteiger partial charge in [-0.1, -0.05) is 153 Å². The number of hydrogen-bond acceptors (Lipinski definition) is 1. The molecule has 1 aromatic heterocycles. The van der Waals surface area contributed by atoms with Crippen molar-refractivity contribution in [1.29, 1.82) is 0 Å². The molecule has 0 N–H and O–H groups in total. The van der Waals surface area contributed by atoms with Gasteiger partial charge >= 0.3 is 0 Å². The molecule has 53 heavy (non-hydrogen) atoms. The van der Waals surface area contributed by atoms with Gasteiger partial charge in [0.15, 0.2) is 0 Å². The molecule has 0 unspecified atom stereocenters. The van der Waals surface area contributed by atoms with Crippen LogP contribution in [0.25, 0.3) is 60.9 Å². The molecule has 2 heteroatoms. The molecule has 0 fully saturated rings. The van der Waals surface area contributed by atoms with Gasteiger partial charge in [0.1, 0.15) is 0 Å². The van der Waals surface area contributed by atoms with Crippen molar-refractivity contribution >= 4 is 38.9 Å². The molecule has 0 radical (unpaired) electrons. The van der Waals surface area contributed by atoms with Gasteiger partial charge in [-0.05, 0) is 99.1 Å². The molecule has 2 nitrogen and oxygen atoms in total. The summed E-state index contributed by atoms with van der Waals surface area (Å²) in [7, 11) is 0. The van der Waals surface area contributed by atoms with Gasteiger partial charge in [-0.2, -0.15) is 0 Å². The van der Waals surface area contributed by atoms with Crippen LogP contribution >= 0.6 is 0 Å². The van der Waals surface area contributed by atoms with Crippen molar-refractivity contribution in [2.75, 3.05) is 4.90 Å². The minimum atomic E-state index is -0.134. The summed E-state index contributed by atoms with van der Waals surface area (Å²) in [6.07, 6.45) is 0. The molecule has 1 heterocycles. The molecular weight excluding hydrogens is 641 g/mol. The van der Waals surface area contributed by atoms with Gasteiger partial charge < -0.3 is 9.47 Å². The monoisotopic (exact) mass is 678 g/mol. The van der Waals surface area contributed by atoms with Crippen LogP contribution < -0.4 is 4.90 Å². The van der Waals surface area contributed by atoms with Gasteiger partial charge in [-0.25, -0.2) is 0 Å². The first-order valence-corrected chi connectivity index (χ1v) is 18.4. The second kappa shape index (κ2) is 12.3. The maximum atomic E-state index is 2.49. The molecule has 252 valence electrons. The summed E-state index contributed by atoms with van der Waals surface area (Å²) in [6, 6.07) is 70.9. The molecule has 0 atom stereocenters. The largest absolute Gasteiger partial charge is 0.308 e. The first-order valence-electron chi connectivity index (χ1n) is 18.4. The van der Waals surface area contributed by atoms with Crippen LogP contribution in [0.3, 0.4) is 0 Å². The van der Waals surface area contributed by atoms with Crippen molar-refractivity contribution in [3.8, 4) is 39.1 Å². The van der Waals surface area contributed by atoms with Gasteiger partial charge in [0.25, 0.3) is 0 Å². The fourth-order valence-corrected chi connectivity index (χ4v) is 8.58. The van der Waals surface area contributed by atoms with E-state index >= 15 is 0 Å². The van der Waals surface area contributed by atoms with E-state index in [-0.39, 0.29) is 5.41 Å². The Labute approximate surface area is 310 Å². The molecule has 0 saturated carbocycles. The topological polar surface area (TPSA) is 8.17 Å². The zero-order valence-corrected chi connectivity index (χ0v) is 29.9. The van der Waals surface area contributed by atoms with Crippen molar-refractivity contribution in [1.82, 2.24) is 4.57 Å². The molecule has 10 rings (SSSR count). The third-order valence-corrected chi connectivity index (χ3v) is 11.2. The van der Waals surface area contributed by atoms with Crippen molar-refractivity contribution in [3.63, 3.8) is 0 Å². The zero-order valence-electron chi connectivity index (χ0n) is 29.9. The summed E-state index contributed by atoms with van der Waals surface area (Å²) in [5, 5.41) is 2.45. The number of para-hydroxylation sites is 2. The van der Waals surface area contributed by atoms with Gasteiger partial charge in [0, 0.05) is 33.2 Å². The Morgan fingerprint density at radius 3 is 1.72 bits per heavy atom. The van der Waals surface area contributed by atoms with Gasteiger partial charge in [-0.15, -0.1) is 0 Å². The number of aromatic nitrogens is 1. The first-order chi connectivity index (χ1) is 26.1. The highest BCUT2D eigenvalue weighted by Gasteiger charge is 2.36. The van der Waals surface area contributed by atoms with Crippen molar-refractivity contribution < 1.29 is 0 Å². The third kappa shape index (κ3) is 5.02. The average molecular weight is 679 g/mol. The SMILES string of the molecule is CC1(C)c2ccccc2-c2ccc(N(c3ccc(-c4ccccc4)cc3)c3cc(-c4ccccc4)cc4c5ccccc5n(-c5ccccc5)c34)cc21. The summed E-state index contributed by atoms with van der Waals surface area (Å²) in [6.45, 7) is 4.73. The van der Waals surface area contributed by atoms with Crippen LogP contribution in [0.5, 0.6) is 0 Å². The van der Waals surface area contributed by atoms with Crippen molar-refractivity contribution in [3.05, 3.63) is 205 Å². The van der Waals surface area contributed by atoms with E-state index in [1.165, 1.54) is 66.3 Å². The number of fused-ring (bicyclic) bond motifs is 6. The predicted molar refractivity (Wildman–Crippen MR) is 224 cm³/mol. The van der Waals surface area contributed by atoms with E-state index < -0.39 is 0 Å². The number of rotatable bonds is 6. The Bertz CT molecular complexity index is 2780. The van der Waals surface area contributed by atoms with E-state index in [1.54, 1.807) is 0 Å². The highest BCUT2D eigenvalue weighted by Crippen LogP contribution is 2.52. The molecule has 1 aliphatic carbocycles. The van der Waals surface area contributed by atoms with E-state index in [2.05, 4.69) is 217 Å². The summed E-state index contributed by atoms with van der Waals surface area (Å²) < 4.78 is 2.45. The van der Waals surface area contributed by atoms with Crippen LogP contribution in [0.4, 0.5) is 17.1 Å². The summed E-state index contributed by atoms with van der Waals surface area (Å²) >= 11 is 0. The van der Waals surface area contributed by atoms with Crippen molar-refractivity contribution in [2.45, 2.75) is 19.3 Å². The van der Waals surface area contributed by atoms with E-state index in [4.69, 9.17) is 0 Å². The predicted octanol–water partition coefficient (Wildman–Crippen LogP) is 13.9. The molecule has 0 amide bonds. The van der Waals surface area contributed by atoms with Crippen LogP contribution in [0.15, 0.2) is 194 Å². The number of hydrogen-bond donors (Lipinski definition) is 0. The van der Waals surface area contributed by atoms with Gasteiger partial charge in [0.05, 0.1) is 16.7 Å². The average Bonchev–Trinajstić information content (AvgIpc) is 3.68. The van der Waals surface area contributed by atoms with Crippen LogP contribution in [-0.4, -0.2) is 4.57 Å². The molecule has 0 aliphatic heterocycles. The number of benzene rings is 8. The van der Waals surface area contributed by atoms with E-state index in [0.29, 0.717) is 0 Å². The van der Waals surface area contributed by atoms with E-state index in [9.17, 15) is 0 Å². The molecule has 9 aromatic rings. The normalized spacial score (nSPS) is 12.9. The molecule has 8 aromatic carbocycles. The van der Waals surface area contributed by atoms with Gasteiger partial charge in [-0.3, -0.25) is 0 Å². The smallest absolute Gasteiger partial charge is 0.0782 e. The summed E-state index contributed by atoms with van der Waals surface area (Å²) in [5.41, 5.74) is 16.9. The number of nitrogens with zero attached hydrogens (tertiary/aromatic N) is 2. The van der Waals surface area contributed by atoms with Crippen molar-refractivity contribution in [2.24, 2.45) is 0 Å². The Kier molecular flexibility index (Phi) is 7.19. The summed E-state index contributed by atoms with van der Waals surface area (Å²) in [4.78, 5) is 2.49. The minimum absolute atomic E-state index is 0.134. The number of anilines is 3. The lowest BCUT2D eigenvalue weighted by Crippen LogP contribution is -2.17. The highest BCUT2D eigenvalue weighted by molar-refractivity contribution is 6.16. The molecule has 0 spiro atoms. The zero-order chi connectivity index (χ0) is 35.5. The Balaban J connectivity index is 1.30. The lowest BCUT2D eigenvalue weighted by atomic mass is 9.82. The fourth-order valence-electron chi connectivity index (χ4n) is 8.58. The molecule has 0 saturated heterocycles. The fraction of sp³-hybridized carbons (Fsp3) is 0.0588. The Hall–Kier alpha value is -6.64. The lowest BCUT2D eigenvalue weighted by molar-refractivity contribution is 0.660. The second-order valence-electron chi connectivity index (χ2n) is 14.6. The molecular formula is C51H38N2. The first kappa shape index (κ1) is 31.1. The minimum Gasteiger partial charge on any atom is -0.308 e. The lowest BCUT2D eigenvalue weighted by Gasteiger charge is -2.30. The quantitative estimate of drug-likeness (QED) is 0.170. The highest BCUT2D eigenvalue weighted by atomic mass is 15.2. The molecule has 0 bridgehead atoms. The third-order valence-electron chi connectivity index (χ3n) is 11.2. The Morgan fingerprint density at radius 1 is 0.415 bits per heavy atom. The van der Waals surface area contributed by atoms with Crippen LogP contribution in [0, 0.1) is 0 Å². The van der Waals surface area contributed by atoms with Gasteiger partial charge in [0.2, 0.25) is 0 Å². The van der Waals surface area contributed by atoms with Crippen LogP contribution in [0.2, 0.25) is 0 Å². The second-order valence-corrected chi connectivity index (χ2v) is 14.6. The van der Waals surface area contributed by atoms with Crippen LogP contribution in [0.1, 0.15) is 25.0 Å². The van der Waals surface area contributed by atoms with E-state index in [1.807, 2.05) is 0 Å². The standard InChI is InChI=1S/C51H38N2/c1-51(2)46-24-14-12-22-42(46)43-31-30-41(34-47(43)51)52(40-28-26-37(27-29-40)35-16-6-3-7-17-35)49-33-38(36-18-8-4-9-19-36)32-45-44-23-13-15-25-48(44)53(50(45)49)39-20-10-5-11-21-39/h3-34H,1-2H3. The van der Waals surface area contributed by atoms with Crippen LogP contribution in [-0.2, 0) is 5.41 Å². The summed E-state index contributed by atoms with van der Waals surface area (Å²) in [5.74, 6) is 0. The Morgan fingerprint density at radius 2 is 0.981 bits per heavy atom.